The Morgan fingerprint density at radius 3 is 2.50 bits per heavy atom. The summed E-state index contributed by atoms with van der Waals surface area (Å²) in [6, 6.07) is 12.0. The first-order chi connectivity index (χ1) is 15.6. The van der Waals surface area contributed by atoms with Crippen LogP contribution >= 0.6 is 11.6 Å². The summed E-state index contributed by atoms with van der Waals surface area (Å²) in [5.41, 5.74) is 2.59. The van der Waals surface area contributed by atoms with Gasteiger partial charge in [0.1, 0.15) is 0 Å². The van der Waals surface area contributed by atoms with Gasteiger partial charge >= 0.3 is 6.03 Å². The third-order valence-electron chi connectivity index (χ3n) is 5.23. The molecule has 3 rings (SSSR count). The number of nitrogens with one attached hydrogen (secondary N) is 3. The SMILES string of the molecule is CCOCCCNC(=O)c1cc(NC(=O)Nc2cccc(Cl)c2)ccc1N1CCCCC1. The number of anilines is 3. The molecule has 0 bridgehead atoms. The molecule has 0 aliphatic carbocycles. The second-order valence-electron chi connectivity index (χ2n) is 7.68. The summed E-state index contributed by atoms with van der Waals surface area (Å²) in [4.78, 5) is 27.7. The first-order valence-corrected chi connectivity index (χ1v) is 11.5. The number of rotatable bonds is 9. The van der Waals surface area contributed by atoms with Crippen molar-refractivity contribution in [2.45, 2.75) is 32.6 Å². The van der Waals surface area contributed by atoms with Crippen LogP contribution in [0.4, 0.5) is 21.9 Å². The van der Waals surface area contributed by atoms with Crippen molar-refractivity contribution < 1.29 is 14.3 Å². The lowest BCUT2D eigenvalue weighted by atomic mass is 10.1. The number of amides is 3. The van der Waals surface area contributed by atoms with E-state index in [-0.39, 0.29) is 5.91 Å². The number of benzene rings is 2. The van der Waals surface area contributed by atoms with Crippen LogP contribution in [-0.4, -0.2) is 44.8 Å². The van der Waals surface area contributed by atoms with Crippen molar-refractivity contribution in [2.75, 3.05) is 48.4 Å². The van der Waals surface area contributed by atoms with E-state index in [1.807, 2.05) is 19.1 Å². The minimum absolute atomic E-state index is 0.152. The Balaban J connectivity index is 1.71. The lowest BCUT2D eigenvalue weighted by Crippen LogP contribution is -2.33. The molecular weight excluding hydrogens is 428 g/mol. The molecule has 1 aliphatic heterocycles. The molecule has 32 heavy (non-hydrogen) atoms. The maximum Gasteiger partial charge on any atom is 0.323 e. The lowest BCUT2D eigenvalue weighted by Gasteiger charge is -2.30. The van der Waals surface area contributed by atoms with Crippen LogP contribution in [0.5, 0.6) is 0 Å². The van der Waals surface area contributed by atoms with E-state index in [0.717, 1.165) is 38.0 Å². The van der Waals surface area contributed by atoms with Gasteiger partial charge in [0.15, 0.2) is 0 Å². The zero-order valence-electron chi connectivity index (χ0n) is 18.5. The number of ether oxygens (including phenoxy) is 1. The van der Waals surface area contributed by atoms with E-state index in [1.54, 1.807) is 30.3 Å². The van der Waals surface area contributed by atoms with E-state index in [0.29, 0.717) is 41.7 Å². The highest BCUT2D eigenvalue weighted by Crippen LogP contribution is 2.27. The normalized spacial score (nSPS) is 13.5. The molecule has 2 aromatic rings. The third-order valence-corrected chi connectivity index (χ3v) is 5.47. The summed E-state index contributed by atoms with van der Waals surface area (Å²) < 4.78 is 5.34. The summed E-state index contributed by atoms with van der Waals surface area (Å²) >= 11 is 5.98. The van der Waals surface area contributed by atoms with Crippen molar-refractivity contribution in [1.82, 2.24) is 5.32 Å². The molecule has 0 saturated carbocycles. The van der Waals surface area contributed by atoms with Gasteiger partial charge < -0.3 is 25.6 Å². The third kappa shape index (κ3) is 7.14. The van der Waals surface area contributed by atoms with Crippen LogP contribution in [0.2, 0.25) is 5.02 Å². The van der Waals surface area contributed by atoms with Gasteiger partial charge in [0.25, 0.3) is 5.91 Å². The molecule has 8 heteroatoms. The van der Waals surface area contributed by atoms with E-state index in [1.165, 1.54) is 6.42 Å². The molecule has 0 aromatic heterocycles. The fraction of sp³-hybridized carbons (Fsp3) is 0.417. The molecule has 1 heterocycles. The summed E-state index contributed by atoms with van der Waals surface area (Å²) in [5, 5.41) is 9.07. The van der Waals surface area contributed by atoms with Gasteiger partial charge in [-0.05, 0) is 69.0 Å². The molecule has 1 fully saturated rings. The first kappa shape index (κ1) is 23.9. The molecule has 0 atom stereocenters. The Kier molecular flexibility index (Phi) is 9.19. The molecule has 0 unspecified atom stereocenters. The predicted octanol–water partition coefficient (Wildman–Crippen LogP) is 5.13. The minimum atomic E-state index is -0.402. The fourth-order valence-electron chi connectivity index (χ4n) is 3.68. The zero-order valence-corrected chi connectivity index (χ0v) is 19.2. The lowest BCUT2D eigenvalue weighted by molar-refractivity contribution is 0.0944. The van der Waals surface area contributed by atoms with Crippen molar-refractivity contribution in [3.8, 4) is 0 Å². The average molecular weight is 459 g/mol. The van der Waals surface area contributed by atoms with E-state index in [4.69, 9.17) is 16.3 Å². The van der Waals surface area contributed by atoms with E-state index in [9.17, 15) is 9.59 Å². The van der Waals surface area contributed by atoms with Crippen molar-refractivity contribution in [3.05, 3.63) is 53.1 Å². The monoisotopic (exact) mass is 458 g/mol. The number of carbonyl (C=O) groups excluding carboxylic acids is 2. The Hall–Kier alpha value is -2.77. The van der Waals surface area contributed by atoms with E-state index in [2.05, 4.69) is 20.9 Å². The zero-order chi connectivity index (χ0) is 22.8. The van der Waals surface area contributed by atoms with Crippen LogP contribution in [0.15, 0.2) is 42.5 Å². The van der Waals surface area contributed by atoms with Gasteiger partial charge in [-0.2, -0.15) is 0 Å². The first-order valence-electron chi connectivity index (χ1n) is 11.2. The molecule has 0 spiro atoms. The summed E-state index contributed by atoms with van der Waals surface area (Å²) in [5.74, 6) is -0.152. The van der Waals surface area contributed by atoms with Crippen LogP contribution in [0, 0.1) is 0 Å². The number of carbonyl (C=O) groups is 2. The van der Waals surface area contributed by atoms with Gasteiger partial charge in [0, 0.05) is 54.9 Å². The highest BCUT2D eigenvalue weighted by atomic mass is 35.5. The van der Waals surface area contributed by atoms with Crippen molar-refractivity contribution in [3.63, 3.8) is 0 Å². The largest absolute Gasteiger partial charge is 0.382 e. The number of hydrogen-bond donors (Lipinski definition) is 3. The van der Waals surface area contributed by atoms with Gasteiger partial charge in [0.2, 0.25) is 0 Å². The summed E-state index contributed by atoms with van der Waals surface area (Å²) in [7, 11) is 0. The predicted molar refractivity (Wildman–Crippen MR) is 130 cm³/mol. The highest BCUT2D eigenvalue weighted by molar-refractivity contribution is 6.30. The number of halogens is 1. The molecule has 3 N–H and O–H groups in total. The maximum atomic E-state index is 13.0. The van der Waals surface area contributed by atoms with Crippen LogP contribution < -0.4 is 20.9 Å². The molecule has 0 radical (unpaired) electrons. The summed E-state index contributed by atoms with van der Waals surface area (Å²) in [6.07, 6.45) is 4.17. The Morgan fingerprint density at radius 2 is 1.78 bits per heavy atom. The van der Waals surface area contributed by atoms with Crippen LogP contribution in [0.3, 0.4) is 0 Å². The molecule has 1 aliphatic rings. The highest BCUT2D eigenvalue weighted by Gasteiger charge is 2.19. The Morgan fingerprint density at radius 1 is 1.03 bits per heavy atom. The van der Waals surface area contributed by atoms with Crippen LogP contribution in [0.25, 0.3) is 0 Å². The summed E-state index contributed by atoms with van der Waals surface area (Å²) in [6.45, 7) is 5.61. The second-order valence-corrected chi connectivity index (χ2v) is 8.11. The van der Waals surface area contributed by atoms with E-state index >= 15 is 0 Å². The number of urea groups is 1. The standard InChI is InChI=1S/C24H31ClN4O3/c1-2-32-15-7-12-26-23(30)21-17-20(10-11-22(21)29-13-4-3-5-14-29)28-24(31)27-19-9-6-8-18(25)16-19/h6,8-11,16-17H,2-5,7,12-15H2,1H3,(H,26,30)(H2,27,28,31). The Bertz CT molecular complexity index is 916. The number of hydrogen-bond acceptors (Lipinski definition) is 4. The van der Waals surface area contributed by atoms with Crippen LogP contribution in [-0.2, 0) is 4.74 Å². The van der Waals surface area contributed by atoms with Crippen molar-refractivity contribution >= 4 is 40.6 Å². The van der Waals surface area contributed by atoms with Crippen molar-refractivity contribution in [1.29, 1.82) is 0 Å². The van der Waals surface area contributed by atoms with Crippen molar-refractivity contribution in [2.24, 2.45) is 0 Å². The molecule has 2 aromatic carbocycles. The van der Waals surface area contributed by atoms with Crippen LogP contribution in [0.1, 0.15) is 43.0 Å². The Labute approximate surface area is 194 Å². The van der Waals surface area contributed by atoms with Gasteiger partial charge in [-0.3, -0.25) is 4.79 Å². The molecule has 7 nitrogen and oxygen atoms in total. The van der Waals surface area contributed by atoms with Gasteiger partial charge in [-0.15, -0.1) is 0 Å². The molecule has 172 valence electrons. The smallest absolute Gasteiger partial charge is 0.323 e. The van der Waals surface area contributed by atoms with Gasteiger partial charge in [-0.1, -0.05) is 17.7 Å². The molecule has 3 amide bonds. The second kappa shape index (κ2) is 12.3. The minimum Gasteiger partial charge on any atom is -0.382 e. The maximum absolute atomic E-state index is 13.0. The van der Waals surface area contributed by atoms with Gasteiger partial charge in [0.05, 0.1) is 5.56 Å². The molecular formula is C24H31ClN4O3. The number of nitrogens with zero attached hydrogens (tertiary/aromatic N) is 1. The number of piperidine rings is 1. The van der Waals surface area contributed by atoms with E-state index < -0.39 is 6.03 Å². The topological polar surface area (TPSA) is 82.7 Å². The van der Waals surface area contributed by atoms with Gasteiger partial charge in [-0.25, -0.2) is 4.79 Å². The fourth-order valence-corrected chi connectivity index (χ4v) is 3.87. The average Bonchev–Trinajstić information content (AvgIpc) is 2.79. The molecule has 1 saturated heterocycles. The quantitative estimate of drug-likeness (QED) is 0.455.